The van der Waals surface area contributed by atoms with E-state index in [0.29, 0.717) is 24.5 Å². The van der Waals surface area contributed by atoms with Crippen molar-refractivity contribution in [1.82, 2.24) is 4.90 Å². The third-order valence-corrected chi connectivity index (χ3v) is 2.95. The van der Waals surface area contributed by atoms with Crippen molar-refractivity contribution in [1.29, 1.82) is 5.26 Å². The first kappa shape index (κ1) is 13.0. The Balaban J connectivity index is 2.12. The Morgan fingerprint density at radius 3 is 3.11 bits per heavy atom. The molecule has 19 heavy (non-hydrogen) atoms. The van der Waals surface area contributed by atoms with E-state index >= 15 is 0 Å². The van der Waals surface area contributed by atoms with Crippen LogP contribution in [0.2, 0.25) is 0 Å². The molecule has 6 nitrogen and oxygen atoms in total. The van der Waals surface area contributed by atoms with Crippen LogP contribution in [0.4, 0.5) is 0 Å². The lowest BCUT2D eigenvalue weighted by Crippen LogP contribution is -2.39. The zero-order chi connectivity index (χ0) is 13.7. The third kappa shape index (κ3) is 3.52. The summed E-state index contributed by atoms with van der Waals surface area (Å²) in [5.74, 6) is 0.526. The Hall–Kier alpha value is -2.42. The van der Waals surface area contributed by atoms with Crippen LogP contribution in [0.1, 0.15) is 17.5 Å². The van der Waals surface area contributed by atoms with Crippen molar-refractivity contribution in [2.24, 2.45) is 4.99 Å². The largest absolute Gasteiger partial charge is 0.350 e. The van der Waals surface area contributed by atoms with Crippen molar-refractivity contribution in [2.45, 2.75) is 13.0 Å². The van der Waals surface area contributed by atoms with Crippen LogP contribution in [0, 0.1) is 21.4 Å². The molecule has 0 aromatic heterocycles. The minimum Gasteiger partial charge on any atom is -0.350 e. The summed E-state index contributed by atoms with van der Waals surface area (Å²) in [4.78, 5) is 16.4. The van der Waals surface area contributed by atoms with Crippen molar-refractivity contribution in [3.8, 4) is 6.07 Å². The lowest BCUT2D eigenvalue weighted by molar-refractivity contribution is -0.464. The molecule has 2 rings (SSSR count). The predicted octanol–water partition coefficient (Wildman–Crippen LogP) is 1.44. The van der Waals surface area contributed by atoms with Crippen molar-refractivity contribution in [3.05, 3.63) is 45.5 Å². The standard InChI is InChI=1S/C13H14N4O2/c14-8-11-3-1-4-12(7-11)9-16-6-2-5-15-13(16)10-17(18)19/h1,3-4,7H,2,5-6,9-10H2. The maximum absolute atomic E-state index is 10.6. The van der Waals surface area contributed by atoms with Gasteiger partial charge >= 0.3 is 0 Å². The number of nitriles is 1. The third-order valence-electron chi connectivity index (χ3n) is 2.95. The molecule has 0 N–H and O–H groups in total. The first-order chi connectivity index (χ1) is 9.19. The predicted molar refractivity (Wildman–Crippen MR) is 70.3 cm³/mol. The lowest BCUT2D eigenvalue weighted by Gasteiger charge is -2.27. The Bertz CT molecular complexity index is 548. The van der Waals surface area contributed by atoms with E-state index in [1.807, 2.05) is 17.0 Å². The van der Waals surface area contributed by atoms with Crippen LogP contribution in [-0.2, 0) is 6.54 Å². The number of benzene rings is 1. The number of nitro groups is 1. The molecule has 0 saturated heterocycles. The molecule has 0 fully saturated rings. The van der Waals surface area contributed by atoms with Crippen LogP contribution in [0.15, 0.2) is 29.3 Å². The molecule has 1 aliphatic rings. The molecule has 0 spiro atoms. The molecule has 0 unspecified atom stereocenters. The van der Waals surface area contributed by atoms with Gasteiger partial charge in [0.25, 0.3) is 6.54 Å². The highest BCUT2D eigenvalue weighted by Crippen LogP contribution is 2.11. The number of amidine groups is 1. The molecule has 0 bridgehead atoms. The monoisotopic (exact) mass is 258 g/mol. The van der Waals surface area contributed by atoms with Gasteiger partial charge in [0.15, 0.2) is 5.84 Å². The fourth-order valence-electron chi connectivity index (χ4n) is 2.09. The van der Waals surface area contributed by atoms with Crippen LogP contribution in [0.25, 0.3) is 0 Å². The first-order valence-corrected chi connectivity index (χ1v) is 6.08. The van der Waals surface area contributed by atoms with Gasteiger partial charge in [0.05, 0.1) is 11.6 Å². The van der Waals surface area contributed by atoms with Crippen LogP contribution >= 0.6 is 0 Å². The average molecular weight is 258 g/mol. The van der Waals surface area contributed by atoms with E-state index in [1.165, 1.54) is 0 Å². The zero-order valence-electron chi connectivity index (χ0n) is 10.5. The number of nitrogens with zero attached hydrogens (tertiary/aromatic N) is 4. The van der Waals surface area contributed by atoms with Gasteiger partial charge in [-0.2, -0.15) is 5.26 Å². The average Bonchev–Trinajstić information content (AvgIpc) is 2.41. The van der Waals surface area contributed by atoms with E-state index in [9.17, 15) is 10.1 Å². The van der Waals surface area contributed by atoms with E-state index in [1.54, 1.807) is 12.1 Å². The van der Waals surface area contributed by atoms with E-state index in [2.05, 4.69) is 11.1 Å². The summed E-state index contributed by atoms with van der Waals surface area (Å²) in [5, 5.41) is 19.5. The molecular formula is C13H14N4O2. The SMILES string of the molecule is N#Cc1cccc(CN2CCCN=C2C[N+](=O)[O-])c1. The van der Waals surface area contributed by atoms with Crippen LogP contribution in [0.3, 0.4) is 0 Å². The van der Waals surface area contributed by atoms with Gasteiger partial charge in [0, 0.05) is 24.6 Å². The maximum atomic E-state index is 10.6. The fourth-order valence-corrected chi connectivity index (χ4v) is 2.09. The second-order valence-corrected chi connectivity index (χ2v) is 4.38. The summed E-state index contributed by atoms with van der Waals surface area (Å²) in [6.07, 6.45) is 0.902. The normalized spacial score (nSPS) is 14.7. The van der Waals surface area contributed by atoms with Crippen molar-refractivity contribution in [2.75, 3.05) is 19.6 Å². The van der Waals surface area contributed by atoms with Gasteiger partial charge in [-0.3, -0.25) is 15.1 Å². The summed E-state index contributed by atoms with van der Waals surface area (Å²) in [7, 11) is 0. The Kier molecular flexibility index (Phi) is 4.08. The molecule has 0 amide bonds. The van der Waals surface area contributed by atoms with Gasteiger partial charge in [-0.05, 0) is 24.1 Å². The highest BCUT2D eigenvalue weighted by atomic mass is 16.6. The molecular weight excluding hydrogens is 244 g/mol. The summed E-state index contributed by atoms with van der Waals surface area (Å²) >= 11 is 0. The second kappa shape index (κ2) is 5.96. The van der Waals surface area contributed by atoms with Gasteiger partial charge in [0.2, 0.25) is 0 Å². The minimum absolute atomic E-state index is 0.238. The smallest absolute Gasteiger partial charge is 0.260 e. The molecule has 0 atom stereocenters. The Morgan fingerprint density at radius 2 is 2.37 bits per heavy atom. The number of hydrogen-bond donors (Lipinski definition) is 0. The van der Waals surface area contributed by atoms with Crippen molar-refractivity contribution >= 4 is 5.84 Å². The molecule has 1 heterocycles. The molecule has 1 aromatic carbocycles. The first-order valence-electron chi connectivity index (χ1n) is 6.08. The quantitative estimate of drug-likeness (QED) is 0.604. The second-order valence-electron chi connectivity index (χ2n) is 4.38. The topological polar surface area (TPSA) is 82.5 Å². The highest BCUT2D eigenvalue weighted by molar-refractivity contribution is 5.83. The lowest BCUT2D eigenvalue weighted by atomic mass is 10.1. The maximum Gasteiger partial charge on any atom is 0.260 e. The van der Waals surface area contributed by atoms with Gasteiger partial charge in [-0.15, -0.1) is 0 Å². The Labute approximate surface area is 111 Å². The summed E-state index contributed by atoms with van der Waals surface area (Å²) in [6.45, 7) is 1.74. The molecule has 1 aliphatic heterocycles. The number of aliphatic imine (C=N–C) groups is 1. The van der Waals surface area contributed by atoms with Gasteiger partial charge in [-0.1, -0.05) is 12.1 Å². The van der Waals surface area contributed by atoms with Gasteiger partial charge < -0.3 is 4.90 Å². The van der Waals surface area contributed by atoms with Gasteiger partial charge in [0.1, 0.15) is 0 Å². The van der Waals surface area contributed by atoms with Crippen LogP contribution in [-0.4, -0.2) is 35.3 Å². The van der Waals surface area contributed by atoms with E-state index in [-0.39, 0.29) is 11.5 Å². The van der Waals surface area contributed by atoms with Crippen molar-refractivity contribution < 1.29 is 4.92 Å². The highest BCUT2D eigenvalue weighted by Gasteiger charge is 2.19. The van der Waals surface area contributed by atoms with Crippen LogP contribution in [0.5, 0.6) is 0 Å². The molecule has 0 radical (unpaired) electrons. The van der Waals surface area contributed by atoms with E-state index in [0.717, 1.165) is 18.5 Å². The fraction of sp³-hybridized carbons (Fsp3) is 0.385. The zero-order valence-corrected chi connectivity index (χ0v) is 10.5. The minimum atomic E-state index is -0.358. The molecule has 6 heteroatoms. The van der Waals surface area contributed by atoms with E-state index in [4.69, 9.17) is 5.26 Å². The van der Waals surface area contributed by atoms with E-state index < -0.39 is 0 Å². The van der Waals surface area contributed by atoms with Gasteiger partial charge in [-0.25, -0.2) is 0 Å². The van der Waals surface area contributed by atoms with Crippen LogP contribution < -0.4 is 0 Å². The molecule has 0 aliphatic carbocycles. The Morgan fingerprint density at radius 1 is 1.53 bits per heavy atom. The molecule has 0 saturated carbocycles. The summed E-state index contributed by atoms with van der Waals surface area (Å²) < 4.78 is 0. The number of rotatable bonds is 4. The summed E-state index contributed by atoms with van der Waals surface area (Å²) in [6, 6.07) is 9.37. The number of hydrogen-bond acceptors (Lipinski definition) is 5. The summed E-state index contributed by atoms with van der Waals surface area (Å²) in [5.41, 5.74) is 1.57. The van der Waals surface area contributed by atoms with Crippen molar-refractivity contribution in [3.63, 3.8) is 0 Å². The molecule has 98 valence electrons. The molecule has 1 aromatic rings.